The Labute approximate surface area is 82.3 Å². The summed E-state index contributed by atoms with van der Waals surface area (Å²) >= 11 is 0. The summed E-state index contributed by atoms with van der Waals surface area (Å²) in [6.07, 6.45) is -1.54. The quantitative estimate of drug-likeness (QED) is 0.540. The minimum absolute atomic E-state index is 0.193. The van der Waals surface area contributed by atoms with Crippen LogP contribution >= 0.6 is 0 Å². The molecule has 0 aromatic rings. The molecule has 0 aromatic carbocycles. The van der Waals surface area contributed by atoms with Crippen LogP contribution in [0, 0.1) is 5.92 Å². The number of nitrogens with two attached hydrogens (primary N) is 1. The maximum Gasteiger partial charge on any atom is 0.163 e. The van der Waals surface area contributed by atoms with Gasteiger partial charge in [-0.15, -0.1) is 0 Å². The Kier molecular flexibility index (Phi) is 5.19. The van der Waals surface area contributed by atoms with Gasteiger partial charge in [-0.25, -0.2) is 0 Å². The van der Waals surface area contributed by atoms with Crippen LogP contribution in [-0.4, -0.2) is 35.1 Å². The Morgan fingerprint density at radius 2 is 1.64 bits per heavy atom. The van der Waals surface area contributed by atoms with Crippen LogP contribution < -0.4 is 5.73 Å². The van der Waals surface area contributed by atoms with Crippen molar-refractivity contribution in [2.75, 3.05) is 6.54 Å². The van der Waals surface area contributed by atoms with Crippen molar-refractivity contribution in [3.05, 3.63) is 0 Å². The van der Waals surface area contributed by atoms with Crippen molar-refractivity contribution in [2.45, 2.75) is 26.4 Å². The predicted molar refractivity (Wildman–Crippen MR) is 49.5 cm³/mol. The van der Waals surface area contributed by atoms with Crippen molar-refractivity contribution in [3.63, 3.8) is 0 Å². The topological polar surface area (TPSA) is 97.5 Å². The second kappa shape index (κ2) is 5.62. The van der Waals surface area contributed by atoms with Crippen LogP contribution in [-0.2, 0) is 14.4 Å². The lowest BCUT2D eigenvalue weighted by atomic mass is 9.93. The zero-order chi connectivity index (χ0) is 11.3. The molecule has 3 N–H and O–H groups in total. The van der Waals surface area contributed by atoms with Crippen LogP contribution in [0.4, 0.5) is 0 Å². The maximum absolute atomic E-state index is 11.2. The Balaban J connectivity index is 4.39. The van der Waals surface area contributed by atoms with Gasteiger partial charge in [0.25, 0.3) is 0 Å². The molecule has 0 radical (unpaired) electrons. The van der Waals surface area contributed by atoms with Crippen LogP contribution in [0.15, 0.2) is 0 Å². The number of hydrogen-bond donors (Lipinski definition) is 2. The van der Waals surface area contributed by atoms with E-state index in [9.17, 15) is 14.4 Å². The molecule has 0 spiro atoms. The SMILES string of the molecule is CC(=O)C(CC(=O)C(O)CN)C(C)=O. The third-order valence-corrected chi connectivity index (χ3v) is 1.98. The summed E-state index contributed by atoms with van der Waals surface area (Å²) in [6.45, 7) is 2.30. The molecule has 0 bridgehead atoms. The van der Waals surface area contributed by atoms with Gasteiger partial charge >= 0.3 is 0 Å². The summed E-state index contributed by atoms with van der Waals surface area (Å²) < 4.78 is 0. The molecule has 1 unspecified atom stereocenters. The number of Topliss-reactive ketones (excluding diaryl/α,β-unsaturated/α-hetero) is 3. The highest BCUT2D eigenvalue weighted by Crippen LogP contribution is 2.08. The summed E-state index contributed by atoms with van der Waals surface area (Å²) in [5.41, 5.74) is 5.06. The molecule has 0 aromatic heterocycles. The fraction of sp³-hybridized carbons (Fsp3) is 0.667. The van der Waals surface area contributed by atoms with E-state index in [0.29, 0.717) is 0 Å². The van der Waals surface area contributed by atoms with E-state index in [4.69, 9.17) is 10.8 Å². The first-order valence-corrected chi connectivity index (χ1v) is 4.31. The molecular formula is C9H15NO4. The highest BCUT2D eigenvalue weighted by Gasteiger charge is 2.25. The smallest absolute Gasteiger partial charge is 0.163 e. The largest absolute Gasteiger partial charge is 0.384 e. The molecule has 0 amide bonds. The number of rotatable bonds is 6. The Morgan fingerprint density at radius 3 is 1.93 bits per heavy atom. The van der Waals surface area contributed by atoms with Crippen molar-refractivity contribution in [3.8, 4) is 0 Å². The number of carbonyl (C=O) groups excluding carboxylic acids is 3. The van der Waals surface area contributed by atoms with Gasteiger partial charge in [0.1, 0.15) is 17.7 Å². The Morgan fingerprint density at radius 1 is 1.21 bits per heavy atom. The van der Waals surface area contributed by atoms with Crippen molar-refractivity contribution in [1.29, 1.82) is 0 Å². The summed E-state index contributed by atoms with van der Waals surface area (Å²) in [5.74, 6) is -2.24. The summed E-state index contributed by atoms with van der Waals surface area (Å²) in [4.78, 5) is 33.1. The fourth-order valence-corrected chi connectivity index (χ4v) is 1.04. The van der Waals surface area contributed by atoms with Crippen LogP contribution in [0.25, 0.3) is 0 Å². The molecular weight excluding hydrogens is 186 g/mol. The van der Waals surface area contributed by atoms with Gasteiger partial charge in [-0.05, 0) is 13.8 Å². The molecule has 14 heavy (non-hydrogen) atoms. The zero-order valence-corrected chi connectivity index (χ0v) is 8.32. The van der Waals surface area contributed by atoms with E-state index in [1.165, 1.54) is 13.8 Å². The highest BCUT2D eigenvalue weighted by molar-refractivity contribution is 6.04. The lowest BCUT2D eigenvalue weighted by molar-refractivity contribution is -0.137. The van der Waals surface area contributed by atoms with E-state index in [1.807, 2.05) is 0 Å². The van der Waals surface area contributed by atoms with Crippen LogP contribution in [0.5, 0.6) is 0 Å². The van der Waals surface area contributed by atoms with Crippen LogP contribution in [0.1, 0.15) is 20.3 Å². The molecule has 0 aliphatic heterocycles. The summed E-state index contributed by atoms with van der Waals surface area (Å²) in [5, 5.41) is 9.04. The lowest BCUT2D eigenvalue weighted by Gasteiger charge is -2.11. The van der Waals surface area contributed by atoms with Crippen molar-refractivity contribution >= 4 is 17.3 Å². The summed E-state index contributed by atoms with van der Waals surface area (Å²) in [7, 11) is 0. The average molecular weight is 201 g/mol. The van der Waals surface area contributed by atoms with Crippen LogP contribution in [0.2, 0.25) is 0 Å². The van der Waals surface area contributed by atoms with Gasteiger partial charge in [0.15, 0.2) is 5.78 Å². The molecule has 1 atom stereocenters. The van der Waals surface area contributed by atoms with E-state index in [-0.39, 0.29) is 24.5 Å². The zero-order valence-electron chi connectivity index (χ0n) is 8.32. The van der Waals surface area contributed by atoms with Crippen molar-refractivity contribution in [1.82, 2.24) is 0 Å². The molecule has 0 saturated heterocycles. The molecule has 0 heterocycles. The number of hydrogen-bond acceptors (Lipinski definition) is 5. The van der Waals surface area contributed by atoms with Crippen molar-refractivity contribution < 1.29 is 19.5 Å². The van der Waals surface area contributed by atoms with E-state index < -0.39 is 17.8 Å². The van der Waals surface area contributed by atoms with E-state index in [0.717, 1.165) is 0 Å². The first-order valence-electron chi connectivity index (χ1n) is 4.31. The van der Waals surface area contributed by atoms with Gasteiger partial charge < -0.3 is 10.8 Å². The maximum atomic E-state index is 11.2. The third kappa shape index (κ3) is 3.76. The average Bonchev–Trinajstić information content (AvgIpc) is 2.11. The molecule has 0 rings (SSSR count). The van der Waals surface area contributed by atoms with E-state index >= 15 is 0 Å². The molecule has 80 valence electrons. The second-order valence-electron chi connectivity index (χ2n) is 3.20. The van der Waals surface area contributed by atoms with Crippen molar-refractivity contribution in [2.24, 2.45) is 11.7 Å². The first kappa shape index (κ1) is 12.9. The number of carbonyl (C=O) groups is 3. The second-order valence-corrected chi connectivity index (χ2v) is 3.20. The molecule has 0 aliphatic carbocycles. The highest BCUT2D eigenvalue weighted by atomic mass is 16.3. The van der Waals surface area contributed by atoms with Gasteiger partial charge in [-0.2, -0.15) is 0 Å². The van der Waals surface area contributed by atoms with Gasteiger partial charge in [0, 0.05) is 13.0 Å². The lowest BCUT2D eigenvalue weighted by Crippen LogP contribution is -2.33. The normalized spacial score (nSPS) is 12.6. The molecule has 0 aliphatic rings. The Hall–Kier alpha value is -1.07. The molecule has 0 fully saturated rings. The van der Waals surface area contributed by atoms with Gasteiger partial charge in [0.2, 0.25) is 0 Å². The minimum atomic E-state index is -1.28. The first-order chi connectivity index (χ1) is 6.40. The van der Waals surface area contributed by atoms with Gasteiger partial charge in [0.05, 0.1) is 5.92 Å². The van der Waals surface area contributed by atoms with Gasteiger partial charge in [-0.1, -0.05) is 0 Å². The number of aliphatic hydroxyl groups is 1. The third-order valence-electron chi connectivity index (χ3n) is 1.98. The number of aliphatic hydroxyl groups excluding tert-OH is 1. The molecule has 5 nitrogen and oxygen atoms in total. The standard InChI is InChI=1S/C9H15NO4/c1-5(11)7(6(2)12)3-8(13)9(14)4-10/h7,9,14H,3-4,10H2,1-2H3. The minimum Gasteiger partial charge on any atom is -0.384 e. The van der Waals surface area contributed by atoms with E-state index in [1.54, 1.807) is 0 Å². The summed E-state index contributed by atoms with van der Waals surface area (Å²) in [6, 6.07) is 0. The number of ketones is 3. The van der Waals surface area contributed by atoms with E-state index in [2.05, 4.69) is 0 Å². The van der Waals surface area contributed by atoms with Gasteiger partial charge in [-0.3, -0.25) is 14.4 Å². The predicted octanol–water partition coefficient (Wildman–Crippen LogP) is -0.941. The molecule has 5 heteroatoms. The fourth-order valence-electron chi connectivity index (χ4n) is 1.04. The molecule has 0 saturated carbocycles. The van der Waals surface area contributed by atoms with Crippen LogP contribution in [0.3, 0.4) is 0 Å². The Bertz CT molecular complexity index is 235. The monoisotopic (exact) mass is 201 g/mol.